The Morgan fingerprint density at radius 1 is 1.21 bits per heavy atom. The third-order valence-corrected chi connectivity index (χ3v) is 4.73. The van der Waals surface area contributed by atoms with Crippen LogP contribution >= 0.6 is 11.3 Å². The average Bonchev–Trinajstić information content (AvgIpc) is 3.13. The van der Waals surface area contributed by atoms with Crippen molar-refractivity contribution in [3.63, 3.8) is 0 Å². The highest BCUT2D eigenvalue weighted by molar-refractivity contribution is 7.11. The lowest BCUT2D eigenvalue weighted by atomic mass is 10.2. The van der Waals surface area contributed by atoms with E-state index in [1.165, 1.54) is 17.4 Å². The van der Waals surface area contributed by atoms with Gasteiger partial charge in [0.2, 0.25) is 6.10 Å². The van der Waals surface area contributed by atoms with E-state index in [1.807, 2.05) is 18.4 Å². The monoisotopic (exact) mass is 402 g/mol. The van der Waals surface area contributed by atoms with E-state index in [1.54, 1.807) is 30.3 Å². The number of hydrogen-bond acceptors (Lipinski definition) is 7. The molecule has 3 rings (SSSR count). The van der Waals surface area contributed by atoms with Crippen LogP contribution in [-0.2, 0) is 19.1 Å². The number of hydrogen-bond donors (Lipinski definition) is 2. The summed E-state index contributed by atoms with van der Waals surface area (Å²) in [5.74, 6) is -0.924. The Balaban J connectivity index is 1.38. The van der Waals surface area contributed by atoms with Crippen LogP contribution in [0.15, 0.2) is 41.8 Å². The highest BCUT2D eigenvalue weighted by atomic mass is 32.1. The van der Waals surface area contributed by atoms with Gasteiger partial charge in [-0.25, -0.2) is 4.79 Å². The zero-order chi connectivity index (χ0) is 19.9. The number of carbonyl (C=O) groups is 3. The fraction of sp³-hybridized carbons (Fsp3) is 0.211. The van der Waals surface area contributed by atoms with Gasteiger partial charge in [-0.2, -0.15) is 0 Å². The molecule has 2 N–H and O–H groups in total. The Morgan fingerprint density at radius 2 is 2.00 bits per heavy atom. The molecule has 146 valence electrons. The second-order valence-corrected chi connectivity index (χ2v) is 6.76. The maximum absolute atomic E-state index is 12.1. The average molecular weight is 402 g/mol. The highest BCUT2D eigenvalue weighted by Gasteiger charge is 2.27. The molecule has 0 spiro atoms. The standard InChI is InChI=1S/C19H18N2O6S/c1-12-8-9-28-16(12)6-7-18(23)26-11-17(22)20-21-19(24)15-10-25-13-4-2-3-5-14(13)27-15/h2-9,15H,10-11H2,1H3,(H,20,22)(H,21,24)/b7-6+/t15-/m0/s1. The summed E-state index contributed by atoms with van der Waals surface area (Å²) in [6.07, 6.45) is 1.96. The first kappa shape index (κ1) is 19.4. The summed E-state index contributed by atoms with van der Waals surface area (Å²) in [4.78, 5) is 36.4. The van der Waals surface area contributed by atoms with Gasteiger partial charge in [-0.05, 0) is 42.1 Å². The number of nitrogens with one attached hydrogen (secondary N) is 2. The van der Waals surface area contributed by atoms with E-state index in [2.05, 4.69) is 10.9 Å². The molecule has 0 fully saturated rings. The smallest absolute Gasteiger partial charge is 0.331 e. The number of benzene rings is 1. The first-order valence-corrected chi connectivity index (χ1v) is 9.27. The number of rotatable bonds is 5. The molecule has 1 aliphatic heterocycles. The van der Waals surface area contributed by atoms with Crippen molar-refractivity contribution in [1.82, 2.24) is 10.9 Å². The molecule has 0 radical (unpaired) electrons. The van der Waals surface area contributed by atoms with Crippen LogP contribution in [0, 0.1) is 6.92 Å². The highest BCUT2D eigenvalue weighted by Crippen LogP contribution is 2.30. The number of ether oxygens (including phenoxy) is 3. The fourth-order valence-electron chi connectivity index (χ4n) is 2.28. The predicted molar refractivity (Wildman–Crippen MR) is 102 cm³/mol. The SMILES string of the molecule is Cc1ccsc1/C=C/C(=O)OCC(=O)NNC(=O)[C@@H]1COc2ccccc2O1. The van der Waals surface area contributed by atoms with Crippen molar-refractivity contribution < 1.29 is 28.6 Å². The molecule has 0 saturated heterocycles. The number of thiophene rings is 1. The van der Waals surface area contributed by atoms with Crippen LogP contribution in [0.1, 0.15) is 10.4 Å². The van der Waals surface area contributed by atoms with Crippen molar-refractivity contribution in [1.29, 1.82) is 0 Å². The summed E-state index contributed by atoms with van der Waals surface area (Å²) >= 11 is 1.49. The summed E-state index contributed by atoms with van der Waals surface area (Å²) in [5.41, 5.74) is 5.43. The third kappa shape index (κ3) is 5.10. The lowest BCUT2D eigenvalue weighted by Crippen LogP contribution is -2.51. The number of esters is 1. The molecular weight excluding hydrogens is 384 g/mol. The Hall–Kier alpha value is -3.33. The van der Waals surface area contributed by atoms with Crippen molar-refractivity contribution in [3.05, 3.63) is 52.2 Å². The van der Waals surface area contributed by atoms with E-state index in [9.17, 15) is 14.4 Å². The predicted octanol–water partition coefficient (Wildman–Crippen LogP) is 1.60. The molecule has 1 atom stereocenters. The minimum Gasteiger partial charge on any atom is -0.485 e. The van der Waals surface area contributed by atoms with Crippen molar-refractivity contribution in [3.8, 4) is 11.5 Å². The molecule has 9 heteroatoms. The topological polar surface area (TPSA) is 103 Å². The molecule has 1 aromatic heterocycles. The van der Waals surface area contributed by atoms with Gasteiger partial charge in [-0.3, -0.25) is 20.4 Å². The van der Waals surface area contributed by atoms with Crippen LogP contribution in [0.5, 0.6) is 11.5 Å². The molecule has 1 aromatic carbocycles. The second kappa shape index (κ2) is 9.05. The van der Waals surface area contributed by atoms with E-state index >= 15 is 0 Å². The summed E-state index contributed by atoms with van der Waals surface area (Å²) in [7, 11) is 0. The van der Waals surface area contributed by atoms with Gasteiger partial charge in [0.05, 0.1) is 0 Å². The van der Waals surface area contributed by atoms with E-state index in [-0.39, 0.29) is 6.61 Å². The van der Waals surface area contributed by atoms with Gasteiger partial charge in [0.15, 0.2) is 18.1 Å². The Morgan fingerprint density at radius 3 is 2.75 bits per heavy atom. The van der Waals surface area contributed by atoms with Gasteiger partial charge < -0.3 is 14.2 Å². The van der Waals surface area contributed by atoms with E-state index in [0.29, 0.717) is 11.5 Å². The molecule has 2 aromatic rings. The Labute approximate surface area is 165 Å². The van der Waals surface area contributed by atoms with E-state index < -0.39 is 30.5 Å². The lowest BCUT2D eigenvalue weighted by Gasteiger charge is -2.25. The number of para-hydroxylation sites is 2. The molecule has 2 amide bonds. The van der Waals surface area contributed by atoms with Gasteiger partial charge in [0.1, 0.15) is 6.61 Å². The normalized spacial score (nSPS) is 15.1. The number of aryl methyl sites for hydroxylation is 1. The van der Waals surface area contributed by atoms with Crippen molar-refractivity contribution in [2.24, 2.45) is 0 Å². The zero-order valence-corrected chi connectivity index (χ0v) is 15.8. The summed E-state index contributed by atoms with van der Waals surface area (Å²) in [6.45, 7) is 1.41. The second-order valence-electron chi connectivity index (χ2n) is 5.81. The van der Waals surface area contributed by atoms with Gasteiger partial charge in [-0.15, -0.1) is 11.3 Å². The Kier molecular flexibility index (Phi) is 6.28. The molecule has 0 saturated carbocycles. The zero-order valence-electron chi connectivity index (χ0n) is 15.0. The van der Waals surface area contributed by atoms with Crippen LogP contribution in [0.25, 0.3) is 6.08 Å². The third-order valence-electron chi connectivity index (χ3n) is 3.74. The van der Waals surface area contributed by atoms with E-state index in [4.69, 9.17) is 14.2 Å². The maximum atomic E-state index is 12.1. The number of hydrazine groups is 1. The largest absolute Gasteiger partial charge is 0.485 e. The molecule has 2 heterocycles. The van der Waals surface area contributed by atoms with E-state index in [0.717, 1.165) is 10.4 Å². The quantitative estimate of drug-likeness (QED) is 0.447. The molecular formula is C19H18N2O6S. The van der Waals surface area contributed by atoms with Gasteiger partial charge >= 0.3 is 5.97 Å². The summed E-state index contributed by atoms with van der Waals surface area (Å²) in [5, 5.41) is 1.91. The molecule has 1 aliphatic rings. The minimum atomic E-state index is -0.908. The Bertz CT molecular complexity index is 907. The first-order chi connectivity index (χ1) is 13.5. The summed E-state index contributed by atoms with van der Waals surface area (Å²) in [6, 6.07) is 8.89. The molecule has 0 unspecified atom stereocenters. The van der Waals surface area contributed by atoms with Crippen LogP contribution in [0.4, 0.5) is 0 Å². The van der Waals surface area contributed by atoms with Crippen LogP contribution in [0.3, 0.4) is 0 Å². The number of amides is 2. The molecule has 0 bridgehead atoms. The van der Waals surface area contributed by atoms with Gasteiger partial charge in [0.25, 0.3) is 11.8 Å². The maximum Gasteiger partial charge on any atom is 0.331 e. The molecule has 28 heavy (non-hydrogen) atoms. The number of fused-ring (bicyclic) bond motifs is 1. The molecule has 0 aliphatic carbocycles. The minimum absolute atomic E-state index is 0.0145. The lowest BCUT2D eigenvalue weighted by molar-refractivity contribution is -0.145. The van der Waals surface area contributed by atoms with Crippen LogP contribution in [-0.4, -0.2) is 37.1 Å². The van der Waals surface area contributed by atoms with Gasteiger partial charge in [0, 0.05) is 11.0 Å². The summed E-state index contributed by atoms with van der Waals surface area (Å²) < 4.78 is 15.8. The van der Waals surface area contributed by atoms with Crippen molar-refractivity contribution in [2.75, 3.05) is 13.2 Å². The first-order valence-electron chi connectivity index (χ1n) is 8.39. The fourth-order valence-corrected chi connectivity index (χ4v) is 3.10. The van der Waals surface area contributed by atoms with Crippen LogP contribution < -0.4 is 20.3 Å². The number of carbonyl (C=O) groups excluding carboxylic acids is 3. The molecule has 8 nitrogen and oxygen atoms in total. The van der Waals surface area contributed by atoms with Crippen molar-refractivity contribution >= 4 is 35.2 Å². The van der Waals surface area contributed by atoms with Crippen LogP contribution in [0.2, 0.25) is 0 Å². The van der Waals surface area contributed by atoms with Gasteiger partial charge in [-0.1, -0.05) is 12.1 Å². The van der Waals surface area contributed by atoms with Crippen molar-refractivity contribution in [2.45, 2.75) is 13.0 Å².